The Hall–Kier alpha value is -3.06. The molecule has 36 heavy (non-hydrogen) atoms. The Bertz CT molecular complexity index is 1440. The fourth-order valence-corrected chi connectivity index (χ4v) is 7.16. The van der Waals surface area contributed by atoms with Crippen molar-refractivity contribution in [3.05, 3.63) is 105 Å². The lowest BCUT2D eigenvalue weighted by Gasteiger charge is -2.32. The smallest absolute Gasteiger partial charge is 0.310 e. The summed E-state index contributed by atoms with van der Waals surface area (Å²) in [6.45, 7) is 4.64. The number of benzene rings is 2. The molecule has 5 nitrogen and oxygen atoms in total. The normalized spacial score (nSPS) is 17.2. The summed E-state index contributed by atoms with van der Waals surface area (Å²) in [4.78, 5) is 19.9. The van der Waals surface area contributed by atoms with Crippen molar-refractivity contribution in [2.45, 2.75) is 38.9 Å². The number of hydrogen-bond donors (Lipinski definition) is 1. The number of fused-ring (bicyclic) bond motifs is 5. The number of carbonyl (C=O) groups is 1. The second-order valence-corrected chi connectivity index (χ2v) is 11.1. The number of nitrogens with zero attached hydrogens (tertiary/aromatic N) is 3. The molecule has 7 heteroatoms. The first kappa shape index (κ1) is 23.3. The third-order valence-corrected chi connectivity index (χ3v) is 8.81. The maximum atomic E-state index is 14.1. The van der Waals surface area contributed by atoms with Crippen molar-refractivity contribution in [2.75, 3.05) is 18.9 Å². The number of halogens is 1. The Morgan fingerprint density at radius 2 is 1.94 bits per heavy atom. The van der Waals surface area contributed by atoms with E-state index in [0.29, 0.717) is 11.6 Å². The highest BCUT2D eigenvalue weighted by molar-refractivity contribution is 7.15. The molecule has 184 valence electrons. The number of amides is 2. The van der Waals surface area contributed by atoms with E-state index >= 15 is 0 Å². The van der Waals surface area contributed by atoms with Crippen molar-refractivity contribution in [1.29, 1.82) is 0 Å². The van der Waals surface area contributed by atoms with Crippen LogP contribution in [-0.2, 0) is 25.9 Å². The molecule has 0 saturated heterocycles. The van der Waals surface area contributed by atoms with Gasteiger partial charge in [0.1, 0.15) is 5.00 Å². The first-order chi connectivity index (χ1) is 17.5. The summed E-state index contributed by atoms with van der Waals surface area (Å²) in [6, 6.07) is 19.8. The van der Waals surface area contributed by atoms with E-state index < -0.39 is 0 Å². The molecular weight excluding hydrogens is 488 g/mol. The van der Waals surface area contributed by atoms with E-state index in [0.717, 1.165) is 48.4 Å². The molecule has 0 spiro atoms. The number of urea groups is 1. The molecule has 2 aromatic heterocycles. The Kier molecular flexibility index (Phi) is 6.12. The predicted molar refractivity (Wildman–Crippen MR) is 147 cm³/mol. The van der Waals surface area contributed by atoms with Crippen LogP contribution in [0.4, 0.5) is 10.5 Å². The summed E-state index contributed by atoms with van der Waals surface area (Å²) in [5.41, 5.74) is 6.74. The van der Waals surface area contributed by atoms with Gasteiger partial charge < -0.3 is 19.7 Å². The number of thiophene rings is 1. The number of para-hydroxylation sites is 1. The Balaban J connectivity index is 1.50. The molecule has 2 aliphatic heterocycles. The van der Waals surface area contributed by atoms with Crippen LogP contribution in [0.1, 0.15) is 45.8 Å². The van der Waals surface area contributed by atoms with Gasteiger partial charge in [0.25, 0.3) is 0 Å². The highest BCUT2D eigenvalue weighted by Crippen LogP contribution is 2.43. The summed E-state index contributed by atoms with van der Waals surface area (Å²) >= 11 is 8.31. The van der Waals surface area contributed by atoms with Crippen LogP contribution in [0, 0.1) is 0 Å². The zero-order valence-corrected chi connectivity index (χ0v) is 22.1. The van der Waals surface area contributed by atoms with Gasteiger partial charge in [0.2, 0.25) is 0 Å². The first-order valence-corrected chi connectivity index (χ1v) is 13.6. The summed E-state index contributed by atoms with van der Waals surface area (Å²) < 4.78 is 2.29. The average Bonchev–Trinajstić information content (AvgIpc) is 3.45. The van der Waals surface area contributed by atoms with Crippen LogP contribution in [0.15, 0.2) is 66.9 Å². The van der Waals surface area contributed by atoms with E-state index in [1.165, 1.54) is 21.0 Å². The largest absolute Gasteiger partial charge is 0.322 e. The van der Waals surface area contributed by atoms with Crippen LogP contribution in [-0.4, -0.2) is 34.0 Å². The minimum absolute atomic E-state index is 0.102. The van der Waals surface area contributed by atoms with Crippen LogP contribution in [0.3, 0.4) is 0 Å². The van der Waals surface area contributed by atoms with Crippen molar-refractivity contribution in [3.8, 4) is 5.00 Å². The SMILES string of the molecule is CCc1ccccc1NC(=O)N1Cc2c(sc3c2CCN(C)C3)-n2cccc2[C@@H]1c1cccc(Cl)c1. The summed E-state index contributed by atoms with van der Waals surface area (Å²) in [5, 5.41) is 5.14. The van der Waals surface area contributed by atoms with E-state index in [1.54, 1.807) is 0 Å². The van der Waals surface area contributed by atoms with Gasteiger partial charge in [-0.3, -0.25) is 0 Å². The van der Waals surface area contributed by atoms with Crippen molar-refractivity contribution >= 4 is 34.7 Å². The van der Waals surface area contributed by atoms with Crippen LogP contribution >= 0.6 is 22.9 Å². The van der Waals surface area contributed by atoms with Gasteiger partial charge >= 0.3 is 6.03 Å². The quantitative estimate of drug-likeness (QED) is 0.322. The molecule has 2 aliphatic rings. The zero-order valence-electron chi connectivity index (χ0n) is 20.5. The van der Waals surface area contributed by atoms with Crippen molar-refractivity contribution < 1.29 is 4.79 Å². The van der Waals surface area contributed by atoms with E-state index in [4.69, 9.17) is 11.6 Å². The highest BCUT2D eigenvalue weighted by atomic mass is 35.5. The molecule has 4 aromatic rings. The van der Waals surface area contributed by atoms with Crippen LogP contribution in [0.2, 0.25) is 5.02 Å². The first-order valence-electron chi connectivity index (χ1n) is 12.4. The van der Waals surface area contributed by atoms with Gasteiger partial charge in [0.05, 0.1) is 18.3 Å². The van der Waals surface area contributed by atoms with Gasteiger partial charge in [-0.05, 0) is 66.9 Å². The fourth-order valence-electron chi connectivity index (χ4n) is 5.52. The maximum absolute atomic E-state index is 14.1. The summed E-state index contributed by atoms with van der Waals surface area (Å²) in [6.07, 6.45) is 3.99. The minimum Gasteiger partial charge on any atom is -0.310 e. The maximum Gasteiger partial charge on any atom is 0.322 e. The standard InChI is InChI=1S/C29H29ClN4OS/c1-3-19-8-4-5-11-24(19)31-29(35)34-17-23-22-13-15-32(2)18-26(22)36-28(23)33-14-7-12-25(33)27(34)20-9-6-10-21(30)16-20/h4-12,14,16,27H,3,13,15,17-18H2,1-2H3,(H,31,35)/t27-/m0/s1. The molecule has 2 aromatic carbocycles. The number of hydrogen-bond acceptors (Lipinski definition) is 3. The lowest BCUT2D eigenvalue weighted by Crippen LogP contribution is -2.38. The van der Waals surface area contributed by atoms with Crippen molar-refractivity contribution in [2.24, 2.45) is 0 Å². The molecule has 4 heterocycles. The minimum atomic E-state index is -0.269. The fraction of sp³-hybridized carbons (Fsp3) is 0.276. The Labute approximate surface area is 220 Å². The molecule has 6 rings (SSSR count). The molecule has 1 N–H and O–H groups in total. The number of anilines is 1. The molecule has 0 bridgehead atoms. The lowest BCUT2D eigenvalue weighted by atomic mass is 10.0. The van der Waals surface area contributed by atoms with E-state index in [2.05, 4.69) is 59.2 Å². The number of carbonyl (C=O) groups excluding carboxylic acids is 1. The topological polar surface area (TPSA) is 40.5 Å². The van der Waals surface area contributed by atoms with Gasteiger partial charge in [-0.2, -0.15) is 0 Å². The molecule has 0 aliphatic carbocycles. The van der Waals surface area contributed by atoms with Crippen molar-refractivity contribution in [3.63, 3.8) is 0 Å². The zero-order chi connectivity index (χ0) is 24.8. The predicted octanol–water partition coefficient (Wildman–Crippen LogP) is 6.88. The number of aryl methyl sites for hydroxylation is 1. The van der Waals surface area contributed by atoms with Crippen LogP contribution in [0.5, 0.6) is 0 Å². The van der Waals surface area contributed by atoms with Gasteiger partial charge in [-0.1, -0.05) is 48.9 Å². The van der Waals surface area contributed by atoms with E-state index in [-0.39, 0.29) is 12.1 Å². The lowest BCUT2D eigenvalue weighted by molar-refractivity contribution is 0.194. The van der Waals surface area contributed by atoms with Crippen LogP contribution < -0.4 is 5.32 Å². The van der Waals surface area contributed by atoms with Gasteiger partial charge in [-0.15, -0.1) is 11.3 Å². The number of aromatic nitrogens is 1. The number of likely N-dealkylation sites (N-methyl/N-ethyl adjacent to an activating group) is 1. The summed E-state index contributed by atoms with van der Waals surface area (Å²) in [5.74, 6) is 0. The third kappa shape index (κ3) is 4.03. The molecule has 0 radical (unpaired) electrons. The average molecular weight is 517 g/mol. The second kappa shape index (κ2) is 9.43. The van der Waals surface area contributed by atoms with E-state index in [1.807, 2.05) is 52.6 Å². The van der Waals surface area contributed by atoms with Gasteiger partial charge in [0.15, 0.2) is 0 Å². The van der Waals surface area contributed by atoms with Crippen molar-refractivity contribution in [1.82, 2.24) is 14.4 Å². The number of rotatable bonds is 3. The molecule has 1 atom stereocenters. The Morgan fingerprint density at radius 1 is 1.08 bits per heavy atom. The van der Waals surface area contributed by atoms with Crippen LogP contribution in [0.25, 0.3) is 5.00 Å². The molecule has 0 saturated carbocycles. The molecule has 0 unspecified atom stereocenters. The van der Waals surface area contributed by atoms with Gasteiger partial charge in [0, 0.05) is 40.4 Å². The van der Waals surface area contributed by atoms with E-state index in [9.17, 15) is 4.79 Å². The molecule has 0 fully saturated rings. The van der Waals surface area contributed by atoms with Gasteiger partial charge in [-0.25, -0.2) is 4.79 Å². The highest BCUT2D eigenvalue weighted by Gasteiger charge is 2.36. The second-order valence-electron chi connectivity index (χ2n) is 9.60. The Morgan fingerprint density at radius 3 is 2.78 bits per heavy atom. The monoisotopic (exact) mass is 516 g/mol. The third-order valence-electron chi connectivity index (χ3n) is 7.32. The number of nitrogens with one attached hydrogen (secondary N) is 1. The summed E-state index contributed by atoms with van der Waals surface area (Å²) in [7, 11) is 2.18. The molecule has 2 amide bonds. The molecular formula is C29H29ClN4OS.